The monoisotopic (exact) mass is 329 g/mol. The zero-order chi connectivity index (χ0) is 15.6. The number of hydrogen-bond donors (Lipinski definition) is 1. The molecule has 0 saturated carbocycles. The van der Waals surface area contributed by atoms with Crippen molar-refractivity contribution in [1.82, 2.24) is 10.1 Å². The lowest BCUT2D eigenvalue weighted by Gasteiger charge is -2.21. The van der Waals surface area contributed by atoms with Crippen molar-refractivity contribution >= 4 is 23.2 Å². The number of halogens is 2. The van der Waals surface area contributed by atoms with Crippen LogP contribution >= 0.6 is 23.2 Å². The van der Waals surface area contributed by atoms with Crippen molar-refractivity contribution in [2.75, 3.05) is 6.61 Å². The van der Waals surface area contributed by atoms with Crippen molar-refractivity contribution in [2.24, 2.45) is 5.73 Å². The lowest BCUT2D eigenvalue weighted by molar-refractivity contribution is 0.0410. The van der Waals surface area contributed by atoms with Crippen LogP contribution < -0.4 is 5.73 Å². The first kappa shape index (κ1) is 16.2. The van der Waals surface area contributed by atoms with Crippen LogP contribution in [0.15, 0.2) is 22.7 Å². The Kier molecular flexibility index (Phi) is 4.88. The summed E-state index contributed by atoms with van der Waals surface area (Å²) in [7, 11) is 0. The molecule has 2 rings (SSSR count). The maximum atomic E-state index is 6.18. The molecule has 7 heteroatoms. The third-order valence-electron chi connectivity index (χ3n) is 2.81. The van der Waals surface area contributed by atoms with E-state index in [0.717, 1.165) is 0 Å². The van der Waals surface area contributed by atoms with Gasteiger partial charge in [-0.15, -0.1) is 0 Å². The van der Waals surface area contributed by atoms with Gasteiger partial charge in [-0.25, -0.2) is 0 Å². The minimum Gasteiger partial charge on any atom is -0.376 e. The Morgan fingerprint density at radius 2 is 2.10 bits per heavy atom. The van der Waals surface area contributed by atoms with E-state index >= 15 is 0 Å². The Morgan fingerprint density at radius 1 is 1.38 bits per heavy atom. The van der Waals surface area contributed by atoms with Gasteiger partial charge < -0.3 is 15.0 Å². The van der Waals surface area contributed by atoms with Crippen LogP contribution in [0.2, 0.25) is 10.0 Å². The van der Waals surface area contributed by atoms with E-state index in [1.807, 2.05) is 13.8 Å². The average Bonchev–Trinajstić information content (AvgIpc) is 2.86. The molecule has 1 aromatic heterocycles. The van der Waals surface area contributed by atoms with Crippen molar-refractivity contribution in [3.05, 3.63) is 34.1 Å². The second-order valence-corrected chi connectivity index (χ2v) is 6.17. The summed E-state index contributed by atoms with van der Waals surface area (Å²) in [6.45, 7) is 5.95. The normalized spacial score (nSPS) is 14.4. The van der Waals surface area contributed by atoms with Gasteiger partial charge in [-0.3, -0.25) is 0 Å². The molecule has 0 amide bonds. The molecule has 5 nitrogen and oxygen atoms in total. The van der Waals surface area contributed by atoms with E-state index in [4.69, 9.17) is 38.2 Å². The van der Waals surface area contributed by atoms with Crippen molar-refractivity contribution in [3.8, 4) is 11.5 Å². The second kappa shape index (κ2) is 6.32. The minimum atomic E-state index is -0.842. The summed E-state index contributed by atoms with van der Waals surface area (Å²) in [4.78, 5) is 4.31. The van der Waals surface area contributed by atoms with Crippen molar-refractivity contribution in [3.63, 3.8) is 0 Å². The van der Waals surface area contributed by atoms with Gasteiger partial charge in [0, 0.05) is 5.02 Å². The predicted octanol–water partition coefficient (Wildman–Crippen LogP) is 3.64. The van der Waals surface area contributed by atoms with E-state index in [0.29, 0.717) is 27.3 Å². The third kappa shape index (κ3) is 3.95. The molecule has 1 heterocycles. The Bertz CT molecular complexity index is 626. The van der Waals surface area contributed by atoms with Gasteiger partial charge in [0.1, 0.15) is 5.54 Å². The fourth-order valence-electron chi connectivity index (χ4n) is 1.63. The molecule has 1 atom stereocenters. The molecule has 0 radical (unpaired) electrons. The van der Waals surface area contributed by atoms with Crippen molar-refractivity contribution < 1.29 is 9.26 Å². The smallest absolute Gasteiger partial charge is 0.259 e. The van der Waals surface area contributed by atoms with Gasteiger partial charge in [-0.1, -0.05) is 28.4 Å². The number of aromatic nitrogens is 2. The first-order valence-electron chi connectivity index (χ1n) is 6.49. The topological polar surface area (TPSA) is 74.2 Å². The predicted molar refractivity (Wildman–Crippen MR) is 82.4 cm³/mol. The van der Waals surface area contributed by atoms with Gasteiger partial charge in [0.05, 0.1) is 23.3 Å². The average molecular weight is 330 g/mol. The molecule has 0 aliphatic carbocycles. The third-order valence-corrected chi connectivity index (χ3v) is 3.36. The maximum Gasteiger partial charge on any atom is 0.259 e. The SMILES string of the molecule is CC(C)OCC(C)(N)c1noc(-c2ccc(Cl)cc2Cl)n1. The van der Waals surface area contributed by atoms with Gasteiger partial charge in [-0.2, -0.15) is 4.98 Å². The largest absolute Gasteiger partial charge is 0.376 e. The van der Waals surface area contributed by atoms with E-state index < -0.39 is 5.54 Å². The fraction of sp³-hybridized carbons (Fsp3) is 0.429. The molecule has 2 N–H and O–H groups in total. The van der Waals surface area contributed by atoms with Gasteiger partial charge in [0.2, 0.25) is 0 Å². The van der Waals surface area contributed by atoms with Crippen LogP contribution in [0.1, 0.15) is 26.6 Å². The van der Waals surface area contributed by atoms with Gasteiger partial charge >= 0.3 is 0 Å². The number of rotatable bonds is 5. The lowest BCUT2D eigenvalue weighted by atomic mass is 10.1. The van der Waals surface area contributed by atoms with E-state index in [2.05, 4.69) is 10.1 Å². The molecule has 21 heavy (non-hydrogen) atoms. The molecule has 1 aromatic carbocycles. The van der Waals surface area contributed by atoms with Crippen LogP contribution in [-0.4, -0.2) is 22.9 Å². The van der Waals surface area contributed by atoms with Gasteiger partial charge in [0.25, 0.3) is 5.89 Å². The number of ether oxygens (including phenoxy) is 1. The minimum absolute atomic E-state index is 0.0740. The first-order valence-corrected chi connectivity index (χ1v) is 7.25. The summed E-state index contributed by atoms with van der Waals surface area (Å²) in [5, 5.41) is 4.90. The maximum absolute atomic E-state index is 6.18. The highest BCUT2D eigenvalue weighted by atomic mass is 35.5. The molecule has 0 fully saturated rings. The number of benzene rings is 1. The molecule has 0 aliphatic rings. The number of hydrogen-bond acceptors (Lipinski definition) is 5. The summed E-state index contributed by atoms with van der Waals surface area (Å²) in [5.74, 6) is 0.664. The molecule has 114 valence electrons. The highest BCUT2D eigenvalue weighted by Crippen LogP contribution is 2.30. The Balaban J connectivity index is 2.25. The van der Waals surface area contributed by atoms with Crippen molar-refractivity contribution in [1.29, 1.82) is 0 Å². The summed E-state index contributed by atoms with van der Waals surface area (Å²) in [6, 6.07) is 5.04. The molecular weight excluding hydrogens is 313 g/mol. The van der Waals surface area contributed by atoms with Crippen LogP contribution in [0.5, 0.6) is 0 Å². The van der Waals surface area contributed by atoms with E-state index in [1.165, 1.54) is 0 Å². The molecule has 0 aliphatic heterocycles. The number of nitrogens with two attached hydrogens (primary N) is 1. The Hall–Kier alpha value is -1.14. The molecule has 1 unspecified atom stereocenters. The molecule has 0 saturated heterocycles. The zero-order valence-electron chi connectivity index (χ0n) is 12.1. The zero-order valence-corrected chi connectivity index (χ0v) is 13.6. The van der Waals surface area contributed by atoms with E-state index in [9.17, 15) is 0 Å². The van der Waals surface area contributed by atoms with Crippen molar-refractivity contribution in [2.45, 2.75) is 32.4 Å². The van der Waals surface area contributed by atoms with Crippen LogP contribution in [0.4, 0.5) is 0 Å². The quantitative estimate of drug-likeness (QED) is 0.906. The second-order valence-electron chi connectivity index (χ2n) is 5.32. The summed E-state index contributed by atoms with van der Waals surface area (Å²) in [5.41, 5.74) is 5.94. The van der Waals surface area contributed by atoms with Gasteiger partial charge in [0.15, 0.2) is 5.82 Å². The first-order chi connectivity index (χ1) is 9.79. The van der Waals surface area contributed by atoms with Crippen LogP contribution in [-0.2, 0) is 10.3 Å². The Labute approximate surface area is 133 Å². The molecule has 0 spiro atoms. The molecule has 0 bridgehead atoms. The number of nitrogens with zero attached hydrogens (tertiary/aromatic N) is 2. The summed E-state index contributed by atoms with van der Waals surface area (Å²) < 4.78 is 10.8. The van der Waals surface area contributed by atoms with Crippen LogP contribution in [0.3, 0.4) is 0 Å². The molecular formula is C14H17Cl2N3O2. The Morgan fingerprint density at radius 3 is 2.71 bits per heavy atom. The van der Waals surface area contributed by atoms with Crippen LogP contribution in [0.25, 0.3) is 11.5 Å². The van der Waals surface area contributed by atoms with E-state index in [-0.39, 0.29) is 12.7 Å². The van der Waals surface area contributed by atoms with Crippen LogP contribution in [0, 0.1) is 0 Å². The standard InChI is InChI=1S/C14H17Cl2N3O2/c1-8(2)20-7-14(3,17)13-18-12(21-19-13)10-5-4-9(15)6-11(10)16/h4-6,8H,7,17H2,1-3H3. The summed E-state index contributed by atoms with van der Waals surface area (Å²) >= 11 is 12.0. The molecule has 2 aromatic rings. The fourth-order valence-corrected chi connectivity index (χ4v) is 2.12. The lowest BCUT2D eigenvalue weighted by Crippen LogP contribution is -2.40. The highest BCUT2D eigenvalue weighted by molar-refractivity contribution is 6.36. The van der Waals surface area contributed by atoms with E-state index in [1.54, 1.807) is 25.1 Å². The van der Waals surface area contributed by atoms with Gasteiger partial charge in [-0.05, 0) is 39.0 Å². The highest BCUT2D eigenvalue weighted by Gasteiger charge is 2.29. The summed E-state index contributed by atoms with van der Waals surface area (Å²) in [6.07, 6.45) is 0.0740.